The summed E-state index contributed by atoms with van der Waals surface area (Å²) in [6, 6.07) is 9.49. The Balaban J connectivity index is 1.17. The molecular weight excluding hydrogens is 685 g/mol. The normalized spacial score (nSPS) is 23.6. The molecule has 2 heterocycles. The molecule has 0 bridgehead atoms. The predicted molar refractivity (Wildman–Crippen MR) is 178 cm³/mol. The minimum atomic E-state index is -3.90. The number of rotatable bonds is 13. The van der Waals surface area contributed by atoms with Crippen molar-refractivity contribution in [3.63, 3.8) is 0 Å². The van der Waals surface area contributed by atoms with Crippen molar-refractivity contribution in [2.45, 2.75) is 82.4 Å². The Morgan fingerprint density at radius 1 is 1.04 bits per heavy atom. The molecule has 4 aliphatic rings. The molecule has 1 saturated heterocycles. The highest BCUT2D eigenvalue weighted by atomic mass is 32.2. The van der Waals surface area contributed by atoms with Gasteiger partial charge in [-0.15, -0.1) is 6.58 Å². The number of amides is 3. The van der Waals surface area contributed by atoms with Crippen molar-refractivity contribution >= 4 is 45.5 Å². The first kappa shape index (κ1) is 35.9. The minimum absolute atomic E-state index is 0.0141. The van der Waals surface area contributed by atoms with Gasteiger partial charge < -0.3 is 14.4 Å². The quantitative estimate of drug-likeness (QED) is 0.139. The number of para-hydroxylation sites is 1. The zero-order valence-corrected chi connectivity index (χ0v) is 28.8. The van der Waals surface area contributed by atoms with Gasteiger partial charge >= 0.3 is 12.1 Å². The number of nitrogens with one attached hydrogen (secondary N) is 1. The largest absolute Gasteiger partial charge is 0.444 e. The van der Waals surface area contributed by atoms with Crippen LogP contribution in [-0.2, 0) is 47.0 Å². The summed E-state index contributed by atoms with van der Waals surface area (Å²) < 4.78 is 52.5. The van der Waals surface area contributed by atoms with Crippen molar-refractivity contribution in [2.75, 3.05) is 6.54 Å². The molecule has 2 aromatic rings. The molecule has 0 aromatic heterocycles. The highest BCUT2D eigenvalue weighted by Crippen LogP contribution is 2.57. The fourth-order valence-corrected chi connectivity index (χ4v) is 8.32. The highest BCUT2D eigenvalue weighted by molar-refractivity contribution is 7.90. The average Bonchev–Trinajstić information content (AvgIpc) is 3.97. The van der Waals surface area contributed by atoms with E-state index in [1.807, 2.05) is 0 Å². The molecule has 51 heavy (non-hydrogen) atoms. The maximum atomic E-state index is 14.3. The number of carbonyl (C=O) groups is 6. The summed E-state index contributed by atoms with van der Waals surface area (Å²) in [7, 11) is -3.90. The minimum Gasteiger partial charge on any atom is -0.444 e. The van der Waals surface area contributed by atoms with E-state index in [0.717, 1.165) is 0 Å². The van der Waals surface area contributed by atoms with Crippen molar-refractivity contribution in [2.24, 2.45) is 11.3 Å². The van der Waals surface area contributed by atoms with Crippen LogP contribution in [0.5, 0.6) is 5.75 Å². The standard InChI is InChI=1S/C36H38FN3O10S/c1-3-23-16-36(23,34(45)38-51(47,48)25-11-12-25)17-31(43)29-15-24(50-35(46)39-18-22-7-6-9-28(37)27(22)20-39)19-40(29)33(44)14-13-30(42)26-8-4-5-10-32(26)49-21(2)41/h3-10,23-25,29H,1,11-20H2,2H3,(H,38,45)/t23-,24?,29+,36-/m1/s1. The number of benzene rings is 2. The summed E-state index contributed by atoms with van der Waals surface area (Å²) in [5, 5.41) is -0.655. The zero-order valence-electron chi connectivity index (χ0n) is 28.0. The van der Waals surface area contributed by atoms with Crippen molar-refractivity contribution < 1.29 is 51.0 Å². The summed E-state index contributed by atoms with van der Waals surface area (Å²) in [6.45, 7) is 4.84. The lowest BCUT2D eigenvalue weighted by Gasteiger charge is -2.25. The van der Waals surface area contributed by atoms with Crippen LogP contribution in [0.4, 0.5) is 9.18 Å². The van der Waals surface area contributed by atoms with Gasteiger partial charge in [0, 0.05) is 44.7 Å². The summed E-state index contributed by atoms with van der Waals surface area (Å²) >= 11 is 0. The number of Topliss-reactive ketones (excluding diaryl/α,β-unsaturated/α-hetero) is 2. The Hall–Kier alpha value is -4.92. The Bertz CT molecular complexity index is 1930. The summed E-state index contributed by atoms with van der Waals surface area (Å²) in [4.78, 5) is 81.5. The number of hydrogen-bond donors (Lipinski definition) is 1. The van der Waals surface area contributed by atoms with Crippen LogP contribution in [-0.4, -0.2) is 77.6 Å². The summed E-state index contributed by atoms with van der Waals surface area (Å²) in [5.74, 6) is -3.91. The molecule has 0 spiro atoms. The lowest BCUT2D eigenvalue weighted by Crippen LogP contribution is -2.44. The van der Waals surface area contributed by atoms with Crippen LogP contribution in [0.2, 0.25) is 0 Å². The molecule has 4 atom stereocenters. The first-order valence-corrected chi connectivity index (χ1v) is 18.3. The van der Waals surface area contributed by atoms with Gasteiger partial charge in [0.05, 0.1) is 35.4 Å². The zero-order chi connectivity index (χ0) is 36.7. The molecule has 3 fully saturated rings. The Labute approximate surface area is 294 Å². The van der Waals surface area contributed by atoms with E-state index in [-0.39, 0.29) is 63.1 Å². The van der Waals surface area contributed by atoms with Crippen LogP contribution in [0.1, 0.15) is 73.4 Å². The maximum absolute atomic E-state index is 14.3. The molecule has 1 N–H and O–H groups in total. The van der Waals surface area contributed by atoms with Crippen LogP contribution < -0.4 is 9.46 Å². The molecule has 2 aliphatic carbocycles. The van der Waals surface area contributed by atoms with Gasteiger partial charge in [-0.3, -0.25) is 33.6 Å². The van der Waals surface area contributed by atoms with Crippen LogP contribution in [0.15, 0.2) is 55.1 Å². The van der Waals surface area contributed by atoms with E-state index in [9.17, 15) is 41.6 Å². The first-order chi connectivity index (χ1) is 24.2. The highest BCUT2D eigenvalue weighted by Gasteiger charge is 2.61. The number of carbonyl (C=O) groups excluding carboxylic acids is 6. The molecule has 6 rings (SSSR count). The smallest absolute Gasteiger partial charge is 0.410 e. The molecule has 1 unspecified atom stereocenters. The number of nitrogens with zero attached hydrogens (tertiary/aromatic N) is 2. The molecule has 13 nitrogen and oxygen atoms in total. The number of ketones is 2. The Kier molecular flexibility index (Phi) is 9.86. The molecule has 2 aliphatic heterocycles. The third-order valence-corrected chi connectivity index (χ3v) is 11.8. The van der Waals surface area contributed by atoms with Crippen LogP contribution >= 0.6 is 0 Å². The molecule has 2 saturated carbocycles. The van der Waals surface area contributed by atoms with E-state index in [1.165, 1.54) is 41.0 Å². The van der Waals surface area contributed by atoms with Gasteiger partial charge in [0.15, 0.2) is 11.6 Å². The van der Waals surface area contributed by atoms with Gasteiger partial charge in [-0.05, 0) is 48.9 Å². The van der Waals surface area contributed by atoms with E-state index < -0.39 is 80.0 Å². The van der Waals surface area contributed by atoms with E-state index in [1.54, 1.807) is 24.3 Å². The topological polar surface area (TPSA) is 174 Å². The van der Waals surface area contributed by atoms with Gasteiger partial charge in [0.25, 0.3) is 0 Å². The number of esters is 1. The molecule has 270 valence electrons. The third-order valence-electron chi connectivity index (χ3n) is 9.97. The lowest BCUT2D eigenvalue weighted by atomic mass is 9.91. The van der Waals surface area contributed by atoms with Gasteiger partial charge in [0.2, 0.25) is 21.8 Å². The van der Waals surface area contributed by atoms with Crippen molar-refractivity contribution in [1.29, 1.82) is 0 Å². The molecule has 15 heteroatoms. The fourth-order valence-electron chi connectivity index (χ4n) is 6.94. The van der Waals surface area contributed by atoms with E-state index in [4.69, 9.17) is 9.47 Å². The van der Waals surface area contributed by atoms with E-state index >= 15 is 0 Å². The number of hydrogen-bond acceptors (Lipinski definition) is 10. The Morgan fingerprint density at radius 3 is 2.45 bits per heavy atom. The number of likely N-dealkylation sites (tertiary alicyclic amines) is 1. The second kappa shape index (κ2) is 14.0. The summed E-state index contributed by atoms with van der Waals surface area (Å²) in [5.41, 5.74) is -0.259. The van der Waals surface area contributed by atoms with E-state index in [0.29, 0.717) is 24.0 Å². The van der Waals surface area contributed by atoms with Crippen molar-refractivity contribution in [3.05, 3.63) is 77.6 Å². The van der Waals surface area contributed by atoms with Crippen molar-refractivity contribution in [1.82, 2.24) is 14.5 Å². The van der Waals surface area contributed by atoms with Gasteiger partial charge in [-0.25, -0.2) is 17.6 Å². The van der Waals surface area contributed by atoms with Gasteiger partial charge in [-0.1, -0.05) is 30.3 Å². The van der Waals surface area contributed by atoms with Crippen LogP contribution in [0.3, 0.4) is 0 Å². The number of sulfonamides is 1. The lowest BCUT2D eigenvalue weighted by molar-refractivity contribution is -0.139. The molecular formula is C36H38FN3O10S. The second-order valence-electron chi connectivity index (χ2n) is 13.6. The Morgan fingerprint density at radius 2 is 1.78 bits per heavy atom. The number of halogens is 1. The second-order valence-corrected chi connectivity index (χ2v) is 15.5. The average molecular weight is 724 g/mol. The number of ether oxygens (including phenoxy) is 2. The molecule has 3 amide bonds. The number of allylic oxidation sites excluding steroid dienone is 1. The maximum Gasteiger partial charge on any atom is 0.410 e. The number of fused-ring (bicyclic) bond motifs is 1. The first-order valence-electron chi connectivity index (χ1n) is 16.8. The molecule has 0 radical (unpaired) electrons. The van der Waals surface area contributed by atoms with Crippen LogP contribution in [0.25, 0.3) is 0 Å². The summed E-state index contributed by atoms with van der Waals surface area (Å²) in [6.07, 6.45) is -0.262. The predicted octanol–water partition coefficient (Wildman–Crippen LogP) is 3.60. The fraction of sp³-hybridized carbons (Fsp3) is 0.444. The van der Waals surface area contributed by atoms with E-state index in [2.05, 4.69) is 11.3 Å². The van der Waals surface area contributed by atoms with Gasteiger partial charge in [-0.2, -0.15) is 0 Å². The SMILES string of the molecule is C=C[C@@H]1C[C@]1(CC(=O)[C@@H]1CC(OC(=O)N2Cc3cccc(F)c3C2)CN1C(=O)CCC(=O)c1ccccc1OC(C)=O)C(=O)NS(=O)(=O)C1CC1. The van der Waals surface area contributed by atoms with Crippen molar-refractivity contribution in [3.8, 4) is 5.75 Å². The monoisotopic (exact) mass is 723 g/mol. The van der Waals surface area contributed by atoms with Gasteiger partial charge in [0.1, 0.15) is 17.7 Å². The van der Waals surface area contributed by atoms with Crippen LogP contribution in [0, 0.1) is 17.2 Å². The molecule has 2 aromatic carbocycles. The third kappa shape index (κ3) is 7.58.